The number of hydrogen-bond acceptors (Lipinski definition) is 9. The van der Waals surface area contributed by atoms with E-state index in [1.807, 2.05) is 19.1 Å². The maximum atomic E-state index is 11.8. The van der Waals surface area contributed by atoms with Crippen LogP contribution in [0.25, 0.3) is 10.9 Å². The number of nitrogens with one attached hydrogen (secondary N) is 1. The summed E-state index contributed by atoms with van der Waals surface area (Å²) in [6.45, 7) is 2.34. The van der Waals surface area contributed by atoms with Crippen LogP contribution in [0.2, 0.25) is 0 Å². The number of carbonyl (C=O) groups is 1. The molecule has 0 amide bonds. The molecule has 0 bridgehead atoms. The van der Waals surface area contributed by atoms with Crippen molar-refractivity contribution < 1.29 is 27.4 Å². The van der Waals surface area contributed by atoms with Gasteiger partial charge in [0.2, 0.25) is 0 Å². The van der Waals surface area contributed by atoms with Gasteiger partial charge in [-0.15, -0.1) is 0 Å². The summed E-state index contributed by atoms with van der Waals surface area (Å²) in [6, 6.07) is 8.44. The molecule has 11 heteroatoms. The molecule has 174 valence electrons. The Kier molecular flexibility index (Phi) is 6.61. The van der Waals surface area contributed by atoms with Crippen LogP contribution in [0.3, 0.4) is 0 Å². The minimum absolute atomic E-state index is 0.0216. The summed E-state index contributed by atoms with van der Waals surface area (Å²) in [7, 11) is -1.82. The number of hydrogen-bond donors (Lipinski definition) is 1. The van der Waals surface area contributed by atoms with Crippen LogP contribution in [0.4, 0.5) is 0 Å². The van der Waals surface area contributed by atoms with Crippen molar-refractivity contribution >= 4 is 43.5 Å². The molecule has 33 heavy (non-hydrogen) atoms. The molecule has 0 spiro atoms. The van der Waals surface area contributed by atoms with Crippen molar-refractivity contribution in [2.45, 2.75) is 30.2 Å². The number of aliphatic imine (C=N–C) groups is 1. The Morgan fingerprint density at radius 2 is 2.06 bits per heavy atom. The fourth-order valence-corrected chi connectivity index (χ4v) is 4.78. The van der Waals surface area contributed by atoms with Crippen LogP contribution in [-0.4, -0.2) is 54.7 Å². The first-order valence-electron chi connectivity index (χ1n) is 10.2. The minimum atomic E-state index is -3.38. The third-order valence-corrected chi connectivity index (χ3v) is 6.87. The first-order chi connectivity index (χ1) is 15.8. The second-order valence-electron chi connectivity index (χ2n) is 7.41. The molecular weight excluding hydrogens is 466 g/mol. The van der Waals surface area contributed by atoms with Crippen molar-refractivity contribution in [3.8, 4) is 17.2 Å². The van der Waals surface area contributed by atoms with E-state index in [2.05, 4.69) is 15.0 Å². The number of carbonyl (C=O) groups excluding carboxylic acids is 1. The van der Waals surface area contributed by atoms with E-state index in [4.69, 9.17) is 14.2 Å². The molecule has 4 rings (SSSR count). The van der Waals surface area contributed by atoms with E-state index >= 15 is 0 Å². The first kappa shape index (κ1) is 23.1. The van der Waals surface area contributed by atoms with E-state index in [9.17, 15) is 13.2 Å². The van der Waals surface area contributed by atoms with Gasteiger partial charge in [-0.1, -0.05) is 18.7 Å². The van der Waals surface area contributed by atoms with Gasteiger partial charge >= 0.3 is 5.97 Å². The summed E-state index contributed by atoms with van der Waals surface area (Å²) >= 11 is 1.40. The highest BCUT2D eigenvalue weighted by molar-refractivity contribution is 8.15. The van der Waals surface area contributed by atoms with Crippen LogP contribution in [0.1, 0.15) is 25.5 Å². The number of rotatable bonds is 8. The monoisotopic (exact) mass is 489 g/mol. The van der Waals surface area contributed by atoms with E-state index in [-0.39, 0.29) is 16.4 Å². The third-order valence-electron chi connectivity index (χ3n) is 4.78. The van der Waals surface area contributed by atoms with E-state index < -0.39 is 9.84 Å². The van der Waals surface area contributed by atoms with Crippen LogP contribution >= 0.6 is 11.8 Å². The molecule has 1 N–H and O–H groups in total. The first-order valence-corrected chi connectivity index (χ1v) is 13.0. The van der Waals surface area contributed by atoms with Crippen molar-refractivity contribution in [3.63, 3.8) is 0 Å². The highest BCUT2D eigenvalue weighted by atomic mass is 32.2. The lowest BCUT2D eigenvalue weighted by Crippen LogP contribution is -2.15. The molecule has 2 aromatic heterocycles. The summed E-state index contributed by atoms with van der Waals surface area (Å²) < 4.78 is 40.0. The molecule has 3 aromatic rings. The number of ether oxygens (including phenoxy) is 3. The van der Waals surface area contributed by atoms with Crippen molar-refractivity contribution in [2.75, 3.05) is 19.9 Å². The Morgan fingerprint density at radius 1 is 1.24 bits per heavy atom. The van der Waals surface area contributed by atoms with Crippen molar-refractivity contribution in [2.24, 2.45) is 4.99 Å². The molecule has 0 saturated heterocycles. The van der Waals surface area contributed by atoms with Crippen LogP contribution < -0.4 is 9.47 Å². The number of H-pyrrole nitrogens is 1. The molecule has 1 atom stereocenters. The number of fused-ring (bicyclic) bond motifs is 1. The summed E-state index contributed by atoms with van der Waals surface area (Å²) in [5.74, 6) is 1.26. The van der Waals surface area contributed by atoms with Gasteiger partial charge < -0.3 is 19.2 Å². The summed E-state index contributed by atoms with van der Waals surface area (Å²) in [5.41, 5.74) is 1.24. The molecule has 3 heterocycles. The topological polar surface area (TPSA) is 120 Å². The van der Waals surface area contributed by atoms with Crippen LogP contribution in [0.15, 0.2) is 46.5 Å². The molecular formula is C22H23N3O6S2. The minimum Gasteiger partial charge on any atom is -0.494 e. The van der Waals surface area contributed by atoms with E-state index in [1.165, 1.54) is 24.0 Å². The Morgan fingerprint density at radius 3 is 2.73 bits per heavy atom. The van der Waals surface area contributed by atoms with Gasteiger partial charge in [0.15, 0.2) is 20.3 Å². The molecule has 0 aliphatic carbocycles. The van der Waals surface area contributed by atoms with Gasteiger partial charge in [-0.05, 0) is 30.7 Å². The number of esters is 1. The maximum Gasteiger partial charge on any atom is 0.306 e. The Hall–Kier alpha value is -3.05. The van der Waals surface area contributed by atoms with Crippen molar-refractivity contribution in [3.05, 3.63) is 42.2 Å². The largest absolute Gasteiger partial charge is 0.494 e. The van der Waals surface area contributed by atoms with Gasteiger partial charge in [-0.25, -0.2) is 13.4 Å². The quantitative estimate of drug-likeness (QED) is 0.473. The van der Waals surface area contributed by atoms with Gasteiger partial charge in [0, 0.05) is 24.1 Å². The summed E-state index contributed by atoms with van der Waals surface area (Å²) in [6.07, 6.45) is 3.60. The lowest BCUT2D eigenvalue weighted by atomic mass is 10.2. The predicted molar refractivity (Wildman–Crippen MR) is 126 cm³/mol. The molecule has 0 saturated carbocycles. The second-order valence-corrected chi connectivity index (χ2v) is 10.5. The van der Waals surface area contributed by atoms with Crippen molar-refractivity contribution in [1.29, 1.82) is 0 Å². The standard InChI is InChI=1S/C22H23N3O6S2/c1-4-5-19(26)31-20-12-24-22(32-20)16-9-13-8-15(10-17(29-2)21(13)25-16)30-14-6-7-18(23-11-14)33(3,27)28/h6-11,20,25H,4-5,12H2,1-3H3. The Bertz CT molecular complexity index is 1320. The Labute approximate surface area is 195 Å². The highest BCUT2D eigenvalue weighted by Gasteiger charge is 2.25. The number of methoxy groups -OCH3 is 1. The van der Waals surface area contributed by atoms with Gasteiger partial charge in [0.05, 0.1) is 31.1 Å². The number of thioether (sulfide) groups is 1. The van der Waals surface area contributed by atoms with Gasteiger partial charge in [0.1, 0.15) is 22.3 Å². The normalized spacial score (nSPS) is 16.0. The second kappa shape index (κ2) is 9.44. The van der Waals surface area contributed by atoms with Crippen LogP contribution in [0, 0.1) is 0 Å². The highest BCUT2D eigenvalue weighted by Crippen LogP contribution is 2.35. The molecule has 1 aromatic carbocycles. The number of aromatic amines is 1. The lowest BCUT2D eigenvalue weighted by molar-refractivity contribution is -0.144. The zero-order valence-corrected chi connectivity index (χ0v) is 20.0. The zero-order valence-electron chi connectivity index (χ0n) is 18.3. The third kappa shape index (κ3) is 5.31. The number of aromatic nitrogens is 2. The maximum absolute atomic E-state index is 11.8. The predicted octanol–water partition coefficient (Wildman–Crippen LogP) is 3.93. The average Bonchev–Trinajstić information content (AvgIpc) is 3.40. The average molecular weight is 490 g/mol. The summed E-state index contributed by atoms with van der Waals surface area (Å²) in [5, 5.41) is 1.58. The number of pyridine rings is 1. The smallest absolute Gasteiger partial charge is 0.306 e. The molecule has 1 unspecified atom stereocenters. The summed E-state index contributed by atoms with van der Waals surface area (Å²) in [4.78, 5) is 23.5. The van der Waals surface area contributed by atoms with E-state index in [1.54, 1.807) is 19.2 Å². The van der Waals surface area contributed by atoms with Crippen LogP contribution in [-0.2, 0) is 19.4 Å². The van der Waals surface area contributed by atoms with Gasteiger partial charge in [-0.3, -0.25) is 9.79 Å². The zero-order chi connectivity index (χ0) is 23.6. The van der Waals surface area contributed by atoms with E-state index in [0.29, 0.717) is 30.2 Å². The number of sulfone groups is 1. The molecule has 1 aliphatic heterocycles. The molecule has 0 fully saturated rings. The van der Waals surface area contributed by atoms with E-state index in [0.717, 1.165) is 34.3 Å². The molecule has 0 radical (unpaired) electrons. The van der Waals surface area contributed by atoms with Crippen LogP contribution in [0.5, 0.6) is 17.2 Å². The van der Waals surface area contributed by atoms with Gasteiger partial charge in [0.25, 0.3) is 0 Å². The fraction of sp³-hybridized carbons (Fsp3) is 0.318. The lowest BCUT2D eigenvalue weighted by Gasteiger charge is -2.09. The number of benzene rings is 1. The number of nitrogens with zero attached hydrogens (tertiary/aromatic N) is 2. The van der Waals surface area contributed by atoms with Crippen molar-refractivity contribution in [1.82, 2.24) is 9.97 Å². The SMILES string of the molecule is CCCC(=O)OC1CN=C(c2cc3cc(Oc4ccc(S(C)(=O)=O)nc4)cc(OC)c3[nH]2)S1. The fourth-order valence-electron chi connectivity index (χ4n) is 3.28. The Balaban J connectivity index is 1.54. The molecule has 1 aliphatic rings. The molecule has 9 nitrogen and oxygen atoms in total. The van der Waals surface area contributed by atoms with Gasteiger partial charge in [-0.2, -0.15) is 0 Å².